The minimum absolute atomic E-state index is 0.188. The molecule has 2 aromatic rings. The van der Waals surface area contributed by atoms with Gasteiger partial charge in [0, 0.05) is 10.1 Å². The molecule has 0 aliphatic rings. The topological polar surface area (TPSA) is 29.5 Å². The van der Waals surface area contributed by atoms with Crippen LogP contribution in [0.15, 0.2) is 18.2 Å². The molecule has 1 N–H and O–H groups in total. The molecular weight excluding hydrogens is 203 g/mol. The fourth-order valence-corrected chi connectivity index (χ4v) is 2.10. The number of thiophene rings is 1. The Balaban J connectivity index is 2.58. The van der Waals surface area contributed by atoms with Crippen molar-refractivity contribution < 1.29 is 14.2 Å². The van der Waals surface area contributed by atoms with Gasteiger partial charge in [0.2, 0.25) is 0 Å². The van der Waals surface area contributed by atoms with Gasteiger partial charge < -0.3 is 9.84 Å². The summed E-state index contributed by atoms with van der Waals surface area (Å²) >= 11 is 1.15. The van der Waals surface area contributed by atoms with Crippen molar-refractivity contribution in [2.45, 2.75) is 6.92 Å². The first-order valence-corrected chi connectivity index (χ1v) is 5.07. The van der Waals surface area contributed by atoms with Gasteiger partial charge in [-0.2, -0.15) is 0 Å². The molecule has 0 aliphatic carbocycles. The Morgan fingerprint density at radius 3 is 2.93 bits per heavy atom. The van der Waals surface area contributed by atoms with Gasteiger partial charge in [-0.05, 0) is 25.1 Å². The Morgan fingerprint density at radius 2 is 2.21 bits per heavy atom. The molecule has 2 rings (SSSR count). The van der Waals surface area contributed by atoms with Crippen LogP contribution in [0.4, 0.5) is 4.39 Å². The summed E-state index contributed by atoms with van der Waals surface area (Å²) in [4.78, 5) is 0. The van der Waals surface area contributed by atoms with Crippen LogP contribution in [0.25, 0.3) is 10.1 Å². The summed E-state index contributed by atoms with van der Waals surface area (Å²) in [6, 6.07) is 4.58. The third-order valence-electron chi connectivity index (χ3n) is 1.86. The van der Waals surface area contributed by atoms with E-state index >= 15 is 0 Å². The van der Waals surface area contributed by atoms with Crippen molar-refractivity contribution in [3.05, 3.63) is 24.0 Å². The second kappa shape index (κ2) is 3.46. The lowest BCUT2D eigenvalue weighted by atomic mass is 10.2. The van der Waals surface area contributed by atoms with Crippen molar-refractivity contribution in [1.29, 1.82) is 0 Å². The van der Waals surface area contributed by atoms with Crippen molar-refractivity contribution in [2.75, 3.05) is 6.61 Å². The van der Waals surface area contributed by atoms with E-state index in [1.807, 2.05) is 0 Å². The normalized spacial score (nSPS) is 10.7. The van der Waals surface area contributed by atoms with E-state index in [1.165, 1.54) is 6.07 Å². The molecular formula is C10H9FO2S. The third-order valence-corrected chi connectivity index (χ3v) is 2.76. The van der Waals surface area contributed by atoms with Crippen LogP contribution < -0.4 is 4.74 Å². The highest BCUT2D eigenvalue weighted by atomic mass is 32.1. The van der Waals surface area contributed by atoms with Gasteiger partial charge in [-0.1, -0.05) is 11.3 Å². The van der Waals surface area contributed by atoms with Crippen LogP contribution in [-0.2, 0) is 0 Å². The zero-order valence-corrected chi connectivity index (χ0v) is 8.40. The van der Waals surface area contributed by atoms with Gasteiger partial charge in [0.25, 0.3) is 0 Å². The second-order valence-electron chi connectivity index (χ2n) is 2.84. The van der Waals surface area contributed by atoms with E-state index in [4.69, 9.17) is 4.74 Å². The Hall–Kier alpha value is -1.29. The monoisotopic (exact) mass is 212 g/mol. The third kappa shape index (κ3) is 1.53. The smallest absolute Gasteiger partial charge is 0.172 e. The van der Waals surface area contributed by atoms with Crippen molar-refractivity contribution >= 4 is 21.4 Å². The zero-order chi connectivity index (χ0) is 10.1. The Kier molecular flexibility index (Phi) is 2.29. The Labute approximate surface area is 84.6 Å². The van der Waals surface area contributed by atoms with E-state index in [1.54, 1.807) is 19.1 Å². The van der Waals surface area contributed by atoms with Crippen LogP contribution in [0.1, 0.15) is 6.92 Å². The predicted octanol–water partition coefficient (Wildman–Crippen LogP) is 3.14. The lowest BCUT2D eigenvalue weighted by Crippen LogP contribution is -1.93. The Bertz CT molecular complexity index is 464. The van der Waals surface area contributed by atoms with E-state index in [0.717, 1.165) is 21.4 Å². The average molecular weight is 212 g/mol. The fourth-order valence-electron chi connectivity index (χ4n) is 1.29. The van der Waals surface area contributed by atoms with Crippen LogP contribution in [-0.4, -0.2) is 11.7 Å². The number of ether oxygens (including phenoxy) is 1. The molecule has 14 heavy (non-hydrogen) atoms. The minimum Gasteiger partial charge on any atom is -0.499 e. The first kappa shape index (κ1) is 9.27. The van der Waals surface area contributed by atoms with Gasteiger partial charge in [0.05, 0.1) is 6.61 Å². The molecule has 0 saturated carbocycles. The molecule has 0 unspecified atom stereocenters. The predicted molar refractivity (Wildman–Crippen MR) is 54.6 cm³/mol. The van der Waals surface area contributed by atoms with Crippen LogP contribution in [0, 0.1) is 5.82 Å². The van der Waals surface area contributed by atoms with Crippen LogP contribution in [0.5, 0.6) is 10.8 Å². The minimum atomic E-state index is -0.388. The highest BCUT2D eigenvalue weighted by Crippen LogP contribution is 2.34. The maximum Gasteiger partial charge on any atom is 0.172 e. The number of hydrogen-bond donors (Lipinski definition) is 1. The van der Waals surface area contributed by atoms with Gasteiger partial charge in [-0.25, -0.2) is 4.39 Å². The number of halogens is 1. The van der Waals surface area contributed by atoms with E-state index in [9.17, 15) is 9.50 Å². The SMILES string of the molecule is CCOc1cc2cc(O)sc2cc1F. The van der Waals surface area contributed by atoms with E-state index in [0.29, 0.717) is 6.61 Å². The van der Waals surface area contributed by atoms with Crippen LogP contribution in [0.3, 0.4) is 0 Å². The standard InChI is InChI=1S/C10H9FO2S/c1-2-13-8-3-6-4-10(12)14-9(6)5-7(8)11/h3-5,12H,2H2,1H3. The molecule has 0 aliphatic heterocycles. The van der Waals surface area contributed by atoms with Gasteiger partial charge in [-0.15, -0.1) is 0 Å². The van der Waals surface area contributed by atoms with Crippen molar-refractivity contribution in [2.24, 2.45) is 0 Å². The van der Waals surface area contributed by atoms with Gasteiger partial charge in [0.1, 0.15) is 0 Å². The first-order valence-electron chi connectivity index (χ1n) is 4.25. The molecule has 1 aromatic heterocycles. The highest BCUT2D eigenvalue weighted by Gasteiger charge is 2.08. The summed E-state index contributed by atoms with van der Waals surface area (Å²) < 4.78 is 19.1. The average Bonchev–Trinajstić information content (AvgIpc) is 2.45. The summed E-state index contributed by atoms with van der Waals surface area (Å²) in [6.07, 6.45) is 0. The number of hydrogen-bond acceptors (Lipinski definition) is 3. The van der Waals surface area contributed by atoms with E-state index < -0.39 is 0 Å². The maximum absolute atomic E-state index is 13.3. The lowest BCUT2D eigenvalue weighted by Gasteiger charge is -2.03. The summed E-state index contributed by atoms with van der Waals surface area (Å²) in [5, 5.41) is 10.2. The largest absolute Gasteiger partial charge is 0.499 e. The van der Waals surface area contributed by atoms with E-state index in [2.05, 4.69) is 0 Å². The molecule has 0 atom stereocenters. The molecule has 0 spiro atoms. The lowest BCUT2D eigenvalue weighted by molar-refractivity contribution is 0.322. The highest BCUT2D eigenvalue weighted by molar-refractivity contribution is 7.20. The summed E-state index contributed by atoms with van der Waals surface area (Å²) in [5.41, 5.74) is 0. The van der Waals surface area contributed by atoms with E-state index in [-0.39, 0.29) is 16.6 Å². The molecule has 74 valence electrons. The molecule has 1 aromatic carbocycles. The molecule has 0 saturated heterocycles. The fraction of sp³-hybridized carbons (Fsp3) is 0.200. The quantitative estimate of drug-likeness (QED) is 0.828. The molecule has 0 bridgehead atoms. The van der Waals surface area contributed by atoms with Crippen molar-refractivity contribution in [3.8, 4) is 10.8 Å². The molecule has 1 heterocycles. The molecule has 0 fully saturated rings. The number of benzene rings is 1. The first-order chi connectivity index (χ1) is 6.70. The summed E-state index contributed by atoms with van der Waals surface area (Å²) in [7, 11) is 0. The Morgan fingerprint density at radius 1 is 1.43 bits per heavy atom. The maximum atomic E-state index is 13.3. The number of aromatic hydroxyl groups is 1. The number of fused-ring (bicyclic) bond motifs is 1. The zero-order valence-electron chi connectivity index (χ0n) is 7.58. The van der Waals surface area contributed by atoms with Gasteiger partial charge >= 0.3 is 0 Å². The summed E-state index contributed by atoms with van der Waals surface area (Å²) in [6.45, 7) is 2.23. The molecule has 2 nitrogen and oxygen atoms in total. The van der Waals surface area contributed by atoms with Crippen LogP contribution in [0.2, 0.25) is 0 Å². The molecule has 0 amide bonds. The number of rotatable bonds is 2. The van der Waals surface area contributed by atoms with Crippen LogP contribution >= 0.6 is 11.3 Å². The second-order valence-corrected chi connectivity index (χ2v) is 3.90. The summed E-state index contributed by atoms with van der Waals surface area (Å²) in [5.74, 6) is -0.154. The van der Waals surface area contributed by atoms with Crippen molar-refractivity contribution in [3.63, 3.8) is 0 Å². The van der Waals surface area contributed by atoms with Crippen molar-refractivity contribution in [1.82, 2.24) is 0 Å². The van der Waals surface area contributed by atoms with Gasteiger partial charge in [-0.3, -0.25) is 0 Å². The van der Waals surface area contributed by atoms with Gasteiger partial charge in [0.15, 0.2) is 16.6 Å². The molecule has 4 heteroatoms. The molecule has 0 radical (unpaired) electrons.